The van der Waals surface area contributed by atoms with Crippen molar-refractivity contribution >= 4 is 0 Å². The molecule has 1 saturated carbocycles. The normalized spacial score (nSPS) is 29.8. The summed E-state index contributed by atoms with van der Waals surface area (Å²) in [5, 5.41) is 9.56. The zero-order valence-corrected chi connectivity index (χ0v) is 12.1. The average Bonchev–Trinajstić information content (AvgIpc) is 2.83. The van der Waals surface area contributed by atoms with Crippen LogP contribution >= 0.6 is 0 Å². The molecule has 2 aliphatic rings. The topological polar surface area (TPSA) is 26.7 Å². The standard InChI is InChI=1S/C15H30N2O/c1-3-15-12-16(11-14-6-4-5-7-14)8-9-17(15)10-13(2)18/h13-15,18H,3-12H2,1-2H3/t13-,15-/m0/s1. The van der Waals surface area contributed by atoms with E-state index in [0.29, 0.717) is 6.04 Å². The molecule has 0 aromatic carbocycles. The summed E-state index contributed by atoms with van der Waals surface area (Å²) in [5.74, 6) is 0.964. The lowest BCUT2D eigenvalue weighted by Crippen LogP contribution is -2.55. The second-order valence-electron chi connectivity index (χ2n) is 6.32. The van der Waals surface area contributed by atoms with Gasteiger partial charge in [0.25, 0.3) is 0 Å². The Kier molecular flexibility index (Phi) is 5.46. The number of β-amino-alcohol motifs (C(OH)–C–C–N with tert-alkyl or cyclic N) is 1. The van der Waals surface area contributed by atoms with Crippen LogP contribution in [0.25, 0.3) is 0 Å². The molecule has 1 aliphatic heterocycles. The number of nitrogens with zero attached hydrogens (tertiary/aromatic N) is 2. The number of aliphatic hydroxyl groups excluding tert-OH is 1. The van der Waals surface area contributed by atoms with Crippen molar-refractivity contribution in [1.82, 2.24) is 9.80 Å². The molecule has 2 fully saturated rings. The fourth-order valence-electron chi connectivity index (χ4n) is 3.65. The molecule has 2 atom stereocenters. The van der Waals surface area contributed by atoms with E-state index in [1.807, 2.05) is 6.92 Å². The lowest BCUT2D eigenvalue weighted by atomic mass is 10.0. The van der Waals surface area contributed by atoms with E-state index in [4.69, 9.17) is 0 Å². The third-order valence-corrected chi connectivity index (χ3v) is 4.65. The van der Waals surface area contributed by atoms with Crippen LogP contribution in [0.3, 0.4) is 0 Å². The molecular formula is C15H30N2O. The third-order valence-electron chi connectivity index (χ3n) is 4.65. The smallest absolute Gasteiger partial charge is 0.0639 e. The van der Waals surface area contributed by atoms with Gasteiger partial charge < -0.3 is 10.0 Å². The van der Waals surface area contributed by atoms with E-state index in [1.165, 1.54) is 51.7 Å². The van der Waals surface area contributed by atoms with Crippen LogP contribution in [0.5, 0.6) is 0 Å². The quantitative estimate of drug-likeness (QED) is 0.812. The van der Waals surface area contributed by atoms with Crippen LogP contribution in [-0.4, -0.2) is 59.8 Å². The number of hydrogen-bond acceptors (Lipinski definition) is 3. The summed E-state index contributed by atoms with van der Waals surface area (Å²) >= 11 is 0. The van der Waals surface area contributed by atoms with Gasteiger partial charge in [0.2, 0.25) is 0 Å². The van der Waals surface area contributed by atoms with Crippen LogP contribution in [-0.2, 0) is 0 Å². The second kappa shape index (κ2) is 6.88. The van der Waals surface area contributed by atoms with Gasteiger partial charge in [0, 0.05) is 38.8 Å². The fraction of sp³-hybridized carbons (Fsp3) is 1.00. The van der Waals surface area contributed by atoms with Crippen molar-refractivity contribution < 1.29 is 5.11 Å². The summed E-state index contributed by atoms with van der Waals surface area (Å²) in [6.45, 7) is 9.88. The van der Waals surface area contributed by atoms with Crippen molar-refractivity contribution in [3.63, 3.8) is 0 Å². The zero-order valence-electron chi connectivity index (χ0n) is 12.1. The van der Waals surface area contributed by atoms with Crippen LogP contribution in [0.15, 0.2) is 0 Å². The zero-order chi connectivity index (χ0) is 13.0. The maximum atomic E-state index is 9.56. The minimum Gasteiger partial charge on any atom is -0.392 e. The predicted molar refractivity (Wildman–Crippen MR) is 75.7 cm³/mol. The SMILES string of the molecule is CC[C@H]1CN(CC2CCCC2)CCN1C[C@H](C)O. The first kappa shape index (κ1) is 14.3. The molecule has 0 unspecified atom stereocenters. The summed E-state index contributed by atoms with van der Waals surface area (Å²) in [7, 11) is 0. The van der Waals surface area contributed by atoms with Crippen LogP contribution < -0.4 is 0 Å². The Morgan fingerprint density at radius 2 is 1.94 bits per heavy atom. The second-order valence-corrected chi connectivity index (χ2v) is 6.32. The van der Waals surface area contributed by atoms with Gasteiger partial charge in [-0.1, -0.05) is 19.8 Å². The Balaban J connectivity index is 1.79. The molecule has 0 spiro atoms. The first-order valence-corrected chi connectivity index (χ1v) is 7.83. The summed E-state index contributed by atoms with van der Waals surface area (Å²) in [6, 6.07) is 0.648. The molecule has 1 saturated heterocycles. The van der Waals surface area contributed by atoms with Crippen molar-refractivity contribution in [2.75, 3.05) is 32.7 Å². The third kappa shape index (κ3) is 3.94. The number of piperazine rings is 1. The summed E-state index contributed by atoms with van der Waals surface area (Å²) in [6.07, 6.45) is 6.80. The van der Waals surface area contributed by atoms with Gasteiger partial charge in [0.15, 0.2) is 0 Å². The van der Waals surface area contributed by atoms with Crippen LogP contribution in [0.4, 0.5) is 0 Å². The van der Waals surface area contributed by atoms with Crippen LogP contribution in [0.2, 0.25) is 0 Å². The van der Waals surface area contributed by atoms with E-state index in [-0.39, 0.29) is 6.10 Å². The predicted octanol–water partition coefficient (Wildman–Crippen LogP) is 1.95. The number of aliphatic hydroxyl groups is 1. The Labute approximate surface area is 112 Å². The van der Waals surface area contributed by atoms with Crippen molar-refractivity contribution in [2.45, 2.75) is 58.1 Å². The molecule has 1 aliphatic carbocycles. The van der Waals surface area contributed by atoms with Crippen molar-refractivity contribution in [3.05, 3.63) is 0 Å². The monoisotopic (exact) mass is 254 g/mol. The van der Waals surface area contributed by atoms with Crippen molar-refractivity contribution in [3.8, 4) is 0 Å². The Hall–Kier alpha value is -0.120. The minimum absolute atomic E-state index is 0.194. The molecule has 18 heavy (non-hydrogen) atoms. The Morgan fingerprint density at radius 1 is 1.22 bits per heavy atom. The van der Waals surface area contributed by atoms with E-state index in [0.717, 1.165) is 19.0 Å². The largest absolute Gasteiger partial charge is 0.392 e. The lowest BCUT2D eigenvalue weighted by molar-refractivity contribution is 0.0313. The van der Waals surface area contributed by atoms with E-state index in [1.54, 1.807) is 0 Å². The van der Waals surface area contributed by atoms with E-state index < -0.39 is 0 Å². The van der Waals surface area contributed by atoms with Crippen molar-refractivity contribution in [1.29, 1.82) is 0 Å². The maximum absolute atomic E-state index is 9.56. The summed E-state index contributed by atoms with van der Waals surface area (Å²) in [5.41, 5.74) is 0. The van der Waals surface area contributed by atoms with E-state index >= 15 is 0 Å². The molecule has 0 aromatic rings. The number of hydrogen-bond donors (Lipinski definition) is 1. The molecular weight excluding hydrogens is 224 g/mol. The first-order chi connectivity index (χ1) is 8.69. The average molecular weight is 254 g/mol. The van der Waals surface area contributed by atoms with Crippen molar-refractivity contribution in [2.24, 2.45) is 5.92 Å². The van der Waals surface area contributed by atoms with E-state index in [9.17, 15) is 5.11 Å². The molecule has 0 aromatic heterocycles. The Morgan fingerprint density at radius 3 is 2.56 bits per heavy atom. The highest BCUT2D eigenvalue weighted by atomic mass is 16.3. The number of rotatable bonds is 5. The van der Waals surface area contributed by atoms with Gasteiger partial charge in [-0.3, -0.25) is 4.90 Å². The molecule has 3 nitrogen and oxygen atoms in total. The minimum atomic E-state index is -0.194. The highest BCUT2D eigenvalue weighted by Gasteiger charge is 2.28. The lowest BCUT2D eigenvalue weighted by Gasteiger charge is -2.42. The molecule has 1 heterocycles. The van der Waals surface area contributed by atoms with E-state index in [2.05, 4.69) is 16.7 Å². The van der Waals surface area contributed by atoms with Gasteiger partial charge in [-0.05, 0) is 32.1 Å². The summed E-state index contributed by atoms with van der Waals surface area (Å²) < 4.78 is 0. The summed E-state index contributed by atoms with van der Waals surface area (Å²) in [4.78, 5) is 5.15. The molecule has 106 valence electrons. The van der Waals surface area contributed by atoms with Crippen LogP contribution in [0.1, 0.15) is 46.0 Å². The van der Waals surface area contributed by atoms with Gasteiger partial charge in [-0.15, -0.1) is 0 Å². The highest BCUT2D eigenvalue weighted by Crippen LogP contribution is 2.26. The molecule has 0 bridgehead atoms. The van der Waals surface area contributed by atoms with Gasteiger partial charge in [0.1, 0.15) is 0 Å². The molecule has 1 N–H and O–H groups in total. The highest BCUT2D eigenvalue weighted by molar-refractivity contribution is 4.84. The maximum Gasteiger partial charge on any atom is 0.0639 e. The fourth-order valence-corrected chi connectivity index (χ4v) is 3.65. The van der Waals surface area contributed by atoms with Gasteiger partial charge in [-0.2, -0.15) is 0 Å². The van der Waals surface area contributed by atoms with Gasteiger partial charge >= 0.3 is 0 Å². The molecule has 0 amide bonds. The Bertz CT molecular complexity index is 239. The first-order valence-electron chi connectivity index (χ1n) is 7.83. The van der Waals surface area contributed by atoms with Gasteiger partial charge in [0.05, 0.1) is 6.10 Å². The molecule has 3 heteroatoms. The molecule has 0 radical (unpaired) electrons. The van der Waals surface area contributed by atoms with Gasteiger partial charge in [-0.25, -0.2) is 0 Å². The molecule has 2 rings (SSSR count). The van der Waals surface area contributed by atoms with Crippen LogP contribution in [0, 0.1) is 5.92 Å².